The zero-order valence-electron chi connectivity index (χ0n) is 13.4. The van der Waals surface area contributed by atoms with Gasteiger partial charge in [0.1, 0.15) is 0 Å². The summed E-state index contributed by atoms with van der Waals surface area (Å²) >= 11 is 0. The molecule has 1 amide bonds. The molecule has 0 heterocycles. The zero-order valence-corrected chi connectivity index (χ0v) is 15.0. The van der Waals surface area contributed by atoms with Crippen molar-refractivity contribution >= 4 is 30.7 Å². The van der Waals surface area contributed by atoms with E-state index in [-0.39, 0.29) is 42.2 Å². The van der Waals surface area contributed by atoms with E-state index in [0.717, 1.165) is 19.0 Å². The molecule has 0 saturated heterocycles. The van der Waals surface area contributed by atoms with E-state index in [2.05, 4.69) is 50.4 Å². The lowest BCUT2D eigenvalue weighted by Crippen LogP contribution is -2.49. The molecule has 1 atom stereocenters. The second-order valence-corrected chi connectivity index (χ2v) is 6.59. The summed E-state index contributed by atoms with van der Waals surface area (Å²) in [5.74, 6) is 0.926. The Hall–Kier alpha value is -0.0300. The summed E-state index contributed by atoms with van der Waals surface area (Å²) in [7, 11) is 4.13. The Morgan fingerprint density at radius 3 is 2.30 bits per heavy atom. The molecule has 1 unspecified atom stereocenters. The quantitative estimate of drug-likeness (QED) is 0.716. The van der Waals surface area contributed by atoms with Gasteiger partial charge in [0.2, 0.25) is 5.91 Å². The molecule has 0 aromatic heterocycles. The molecule has 0 aromatic carbocycles. The van der Waals surface area contributed by atoms with Gasteiger partial charge in [-0.3, -0.25) is 4.79 Å². The van der Waals surface area contributed by atoms with Crippen LogP contribution in [0.25, 0.3) is 0 Å². The predicted octanol–water partition coefficient (Wildman–Crippen LogP) is 1.92. The van der Waals surface area contributed by atoms with Crippen molar-refractivity contribution in [3.05, 3.63) is 0 Å². The number of carbonyl (C=O) groups is 1. The van der Waals surface area contributed by atoms with Crippen LogP contribution in [0.3, 0.4) is 0 Å². The van der Waals surface area contributed by atoms with Crippen LogP contribution in [0.4, 0.5) is 0 Å². The molecular formula is C14H31Cl2N3O. The Labute approximate surface area is 136 Å². The summed E-state index contributed by atoms with van der Waals surface area (Å²) in [5.41, 5.74) is 0.0790. The molecule has 1 saturated carbocycles. The van der Waals surface area contributed by atoms with Crippen molar-refractivity contribution in [3.63, 3.8) is 0 Å². The maximum absolute atomic E-state index is 11.8. The first-order chi connectivity index (χ1) is 8.31. The highest BCUT2D eigenvalue weighted by Crippen LogP contribution is 2.27. The maximum Gasteiger partial charge on any atom is 0.234 e. The van der Waals surface area contributed by atoms with Crippen LogP contribution in [0, 0.1) is 11.3 Å². The van der Waals surface area contributed by atoms with Crippen LogP contribution in [-0.4, -0.2) is 50.6 Å². The zero-order chi connectivity index (χ0) is 13.8. The average molecular weight is 328 g/mol. The molecule has 2 N–H and O–H groups in total. The number of carbonyl (C=O) groups excluding carboxylic acids is 1. The van der Waals surface area contributed by atoms with Gasteiger partial charge in [0.25, 0.3) is 0 Å². The lowest BCUT2D eigenvalue weighted by molar-refractivity contribution is -0.121. The molecule has 0 radical (unpaired) electrons. The fourth-order valence-corrected chi connectivity index (χ4v) is 2.15. The van der Waals surface area contributed by atoms with Gasteiger partial charge in [-0.25, -0.2) is 0 Å². The molecule has 0 aromatic rings. The minimum absolute atomic E-state index is 0. The Balaban J connectivity index is 0. The molecule has 0 spiro atoms. The number of nitrogens with one attached hydrogen (secondary N) is 2. The number of amides is 1. The van der Waals surface area contributed by atoms with Gasteiger partial charge in [0.15, 0.2) is 0 Å². The monoisotopic (exact) mass is 327 g/mol. The van der Waals surface area contributed by atoms with Crippen LogP contribution >= 0.6 is 24.8 Å². The largest absolute Gasteiger partial charge is 0.352 e. The van der Waals surface area contributed by atoms with E-state index in [1.54, 1.807) is 0 Å². The fraction of sp³-hybridized carbons (Fsp3) is 0.929. The van der Waals surface area contributed by atoms with E-state index in [0.29, 0.717) is 6.54 Å². The van der Waals surface area contributed by atoms with E-state index in [9.17, 15) is 4.79 Å². The van der Waals surface area contributed by atoms with E-state index >= 15 is 0 Å². The third-order valence-electron chi connectivity index (χ3n) is 3.69. The van der Waals surface area contributed by atoms with Crippen molar-refractivity contribution < 1.29 is 4.79 Å². The summed E-state index contributed by atoms with van der Waals surface area (Å²) in [6.45, 7) is 8.86. The van der Waals surface area contributed by atoms with Crippen LogP contribution in [0.2, 0.25) is 0 Å². The first kappa shape index (κ1) is 22.3. The van der Waals surface area contributed by atoms with Crippen molar-refractivity contribution in [1.82, 2.24) is 15.5 Å². The topological polar surface area (TPSA) is 44.4 Å². The number of rotatable bonds is 8. The molecule has 6 heteroatoms. The van der Waals surface area contributed by atoms with Gasteiger partial charge in [0.05, 0.1) is 6.54 Å². The second-order valence-electron chi connectivity index (χ2n) is 6.59. The Kier molecular flexibility index (Phi) is 10.9. The van der Waals surface area contributed by atoms with Gasteiger partial charge in [-0.1, -0.05) is 13.8 Å². The van der Waals surface area contributed by atoms with Crippen LogP contribution in [0.1, 0.15) is 33.6 Å². The van der Waals surface area contributed by atoms with Crippen molar-refractivity contribution in [3.8, 4) is 0 Å². The molecule has 20 heavy (non-hydrogen) atoms. The maximum atomic E-state index is 11.8. The highest BCUT2D eigenvalue weighted by molar-refractivity contribution is 5.85. The number of hydrogen-bond donors (Lipinski definition) is 2. The summed E-state index contributed by atoms with van der Waals surface area (Å²) in [5, 5.41) is 6.31. The highest BCUT2D eigenvalue weighted by atomic mass is 35.5. The minimum Gasteiger partial charge on any atom is -0.352 e. The lowest BCUT2D eigenvalue weighted by Gasteiger charge is -2.34. The van der Waals surface area contributed by atoms with E-state index in [1.807, 2.05) is 0 Å². The van der Waals surface area contributed by atoms with Crippen LogP contribution < -0.4 is 10.6 Å². The summed E-state index contributed by atoms with van der Waals surface area (Å²) in [4.78, 5) is 14.0. The Morgan fingerprint density at radius 1 is 1.30 bits per heavy atom. The van der Waals surface area contributed by atoms with Gasteiger partial charge in [-0.05, 0) is 51.7 Å². The third kappa shape index (κ3) is 9.01. The first-order valence-electron chi connectivity index (χ1n) is 6.96. The average Bonchev–Trinajstić information content (AvgIpc) is 2.99. The SMILES string of the molecule is CC(NC(=O)CNCC1CC1)C(C)(C)CN(C)C.Cl.Cl. The molecule has 1 aliphatic rings. The minimum atomic E-state index is 0. The van der Waals surface area contributed by atoms with Gasteiger partial charge in [-0.15, -0.1) is 24.8 Å². The molecule has 1 aliphatic carbocycles. The van der Waals surface area contributed by atoms with Crippen molar-refractivity contribution in [2.45, 2.75) is 39.7 Å². The predicted molar refractivity (Wildman–Crippen MR) is 90.0 cm³/mol. The molecule has 4 nitrogen and oxygen atoms in total. The molecule has 122 valence electrons. The molecule has 0 bridgehead atoms. The van der Waals surface area contributed by atoms with Crippen LogP contribution in [-0.2, 0) is 4.79 Å². The number of hydrogen-bond acceptors (Lipinski definition) is 3. The van der Waals surface area contributed by atoms with Gasteiger partial charge < -0.3 is 15.5 Å². The van der Waals surface area contributed by atoms with E-state index in [4.69, 9.17) is 0 Å². The summed E-state index contributed by atoms with van der Waals surface area (Å²) < 4.78 is 0. The van der Waals surface area contributed by atoms with Crippen LogP contribution in [0.15, 0.2) is 0 Å². The standard InChI is InChI=1S/C14H29N3O.2ClH/c1-11(14(2,3)10-17(4)5)16-13(18)9-15-8-12-6-7-12;;/h11-12,15H,6-10H2,1-5H3,(H,16,18);2*1H. The normalized spacial score (nSPS) is 16.1. The summed E-state index contributed by atoms with van der Waals surface area (Å²) in [6.07, 6.45) is 2.64. The highest BCUT2D eigenvalue weighted by Gasteiger charge is 2.27. The Bertz CT molecular complexity index is 282. The summed E-state index contributed by atoms with van der Waals surface area (Å²) in [6, 6.07) is 0.176. The molecular weight excluding hydrogens is 297 g/mol. The number of halogens is 2. The fourth-order valence-electron chi connectivity index (χ4n) is 2.15. The van der Waals surface area contributed by atoms with E-state index < -0.39 is 0 Å². The first-order valence-corrected chi connectivity index (χ1v) is 6.96. The number of nitrogens with zero attached hydrogens (tertiary/aromatic N) is 1. The van der Waals surface area contributed by atoms with Crippen molar-refractivity contribution in [1.29, 1.82) is 0 Å². The lowest BCUT2D eigenvalue weighted by atomic mass is 9.85. The van der Waals surface area contributed by atoms with Crippen molar-refractivity contribution in [2.24, 2.45) is 11.3 Å². The van der Waals surface area contributed by atoms with Gasteiger partial charge in [0, 0.05) is 12.6 Å². The molecule has 0 aliphatic heterocycles. The van der Waals surface area contributed by atoms with Crippen LogP contribution in [0.5, 0.6) is 0 Å². The van der Waals surface area contributed by atoms with Gasteiger partial charge >= 0.3 is 0 Å². The van der Waals surface area contributed by atoms with E-state index in [1.165, 1.54) is 12.8 Å². The van der Waals surface area contributed by atoms with Crippen molar-refractivity contribution in [2.75, 3.05) is 33.7 Å². The smallest absolute Gasteiger partial charge is 0.234 e. The van der Waals surface area contributed by atoms with Gasteiger partial charge in [-0.2, -0.15) is 0 Å². The molecule has 1 fully saturated rings. The second kappa shape index (κ2) is 9.82. The Morgan fingerprint density at radius 2 is 1.85 bits per heavy atom. The third-order valence-corrected chi connectivity index (χ3v) is 3.69. The molecule has 1 rings (SSSR count).